The van der Waals surface area contributed by atoms with Gasteiger partial charge in [-0.15, -0.1) is 11.3 Å². The second-order valence-electron chi connectivity index (χ2n) is 5.46. The molecule has 1 fully saturated rings. The van der Waals surface area contributed by atoms with Gasteiger partial charge in [0.25, 0.3) is 0 Å². The average Bonchev–Trinajstić information content (AvgIpc) is 2.80. The fraction of sp³-hybridized carbons (Fsp3) is 0.412. The van der Waals surface area contributed by atoms with Gasteiger partial charge < -0.3 is 10.1 Å². The van der Waals surface area contributed by atoms with Crippen molar-refractivity contribution in [1.82, 2.24) is 10.2 Å². The largest absolute Gasteiger partial charge is 0.497 e. The lowest BCUT2D eigenvalue weighted by molar-refractivity contribution is 0.243. The summed E-state index contributed by atoms with van der Waals surface area (Å²) in [7, 11) is 1.71. The highest BCUT2D eigenvalue weighted by Crippen LogP contribution is 2.36. The van der Waals surface area contributed by atoms with Gasteiger partial charge in [-0.3, -0.25) is 4.90 Å². The summed E-state index contributed by atoms with van der Waals surface area (Å²) in [6.07, 6.45) is 1.17. The van der Waals surface area contributed by atoms with Crippen molar-refractivity contribution in [3.63, 3.8) is 0 Å². The number of thiophene rings is 1. The quantitative estimate of drug-likeness (QED) is 0.919. The minimum Gasteiger partial charge on any atom is -0.497 e. The van der Waals surface area contributed by atoms with Crippen LogP contribution in [0.5, 0.6) is 5.75 Å². The zero-order valence-electron chi connectivity index (χ0n) is 12.7. The zero-order chi connectivity index (χ0) is 15.4. The molecule has 0 radical (unpaired) electrons. The molecular weight excluding hydrogens is 316 g/mol. The maximum atomic E-state index is 6.18. The zero-order valence-corrected chi connectivity index (χ0v) is 14.3. The third kappa shape index (κ3) is 3.63. The Balaban J connectivity index is 1.97. The molecule has 1 atom stereocenters. The Bertz CT molecular complexity index is 608. The fourth-order valence-electron chi connectivity index (χ4n) is 2.97. The number of methoxy groups -OCH3 is 1. The summed E-state index contributed by atoms with van der Waals surface area (Å²) in [6, 6.07) is 12.8. The van der Waals surface area contributed by atoms with E-state index in [0.717, 1.165) is 36.3 Å². The molecule has 0 bridgehead atoms. The van der Waals surface area contributed by atoms with Gasteiger partial charge in [0.1, 0.15) is 5.75 Å². The number of nitrogens with zero attached hydrogens (tertiary/aromatic N) is 1. The van der Waals surface area contributed by atoms with Crippen LogP contribution >= 0.6 is 22.9 Å². The normalized spacial score (nSPS) is 17.9. The SMILES string of the molecule is COc1cccc(C(c2ccc(Cl)s2)N2CCCNCC2)c1. The van der Waals surface area contributed by atoms with Crippen molar-refractivity contribution in [3.05, 3.63) is 51.2 Å². The third-order valence-electron chi connectivity index (χ3n) is 4.01. The first kappa shape index (κ1) is 15.8. The Hall–Kier alpha value is -1.07. The van der Waals surface area contributed by atoms with Gasteiger partial charge in [0.15, 0.2) is 0 Å². The van der Waals surface area contributed by atoms with E-state index in [1.807, 2.05) is 12.1 Å². The molecule has 1 aliphatic heterocycles. The summed E-state index contributed by atoms with van der Waals surface area (Å²) >= 11 is 7.85. The lowest BCUT2D eigenvalue weighted by Gasteiger charge is -2.30. The van der Waals surface area contributed by atoms with E-state index in [1.54, 1.807) is 18.4 Å². The van der Waals surface area contributed by atoms with Crippen molar-refractivity contribution in [2.45, 2.75) is 12.5 Å². The molecule has 1 N–H and O–H groups in total. The first-order chi connectivity index (χ1) is 10.8. The Kier molecular flexibility index (Phi) is 5.37. The van der Waals surface area contributed by atoms with Crippen LogP contribution in [0.25, 0.3) is 0 Å². The molecule has 1 aromatic heterocycles. The summed E-state index contributed by atoms with van der Waals surface area (Å²) in [4.78, 5) is 3.83. The molecule has 3 rings (SSSR count). The van der Waals surface area contributed by atoms with E-state index < -0.39 is 0 Å². The fourth-order valence-corrected chi connectivity index (χ4v) is 4.19. The Morgan fingerprint density at radius 2 is 2.14 bits per heavy atom. The monoisotopic (exact) mass is 336 g/mol. The Morgan fingerprint density at radius 3 is 2.91 bits per heavy atom. The molecule has 0 amide bonds. The second kappa shape index (κ2) is 7.47. The number of rotatable bonds is 4. The van der Waals surface area contributed by atoms with Crippen LogP contribution in [0.1, 0.15) is 22.9 Å². The second-order valence-corrected chi connectivity index (χ2v) is 7.21. The highest BCUT2D eigenvalue weighted by molar-refractivity contribution is 7.16. The maximum Gasteiger partial charge on any atom is 0.119 e. The molecule has 1 aromatic carbocycles. The summed E-state index contributed by atoms with van der Waals surface area (Å²) in [6.45, 7) is 4.24. The van der Waals surface area contributed by atoms with Crippen LogP contribution in [0.15, 0.2) is 36.4 Å². The molecule has 0 saturated carbocycles. The van der Waals surface area contributed by atoms with E-state index in [4.69, 9.17) is 16.3 Å². The van der Waals surface area contributed by atoms with Crippen LogP contribution in [-0.4, -0.2) is 38.2 Å². The molecule has 0 spiro atoms. The summed E-state index contributed by atoms with van der Waals surface area (Å²) in [5, 5.41) is 3.47. The highest BCUT2D eigenvalue weighted by Gasteiger charge is 2.24. The predicted molar refractivity (Wildman–Crippen MR) is 93.2 cm³/mol. The summed E-state index contributed by atoms with van der Waals surface area (Å²) in [5.74, 6) is 0.901. The topological polar surface area (TPSA) is 24.5 Å². The highest BCUT2D eigenvalue weighted by atomic mass is 35.5. The molecule has 22 heavy (non-hydrogen) atoms. The lowest BCUT2D eigenvalue weighted by Crippen LogP contribution is -2.32. The van der Waals surface area contributed by atoms with Gasteiger partial charge in [-0.25, -0.2) is 0 Å². The van der Waals surface area contributed by atoms with Crippen LogP contribution in [-0.2, 0) is 0 Å². The Morgan fingerprint density at radius 1 is 1.23 bits per heavy atom. The molecule has 1 unspecified atom stereocenters. The number of benzene rings is 1. The molecule has 2 aromatic rings. The minimum atomic E-state index is 0.243. The van der Waals surface area contributed by atoms with E-state index in [2.05, 4.69) is 34.5 Å². The smallest absolute Gasteiger partial charge is 0.119 e. The van der Waals surface area contributed by atoms with E-state index in [0.29, 0.717) is 0 Å². The Labute approximate surface area is 140 Å². The first-order valence-corrected chi connectivity index (χ1v) is 8.81. The van der Waals surface area contributed by atoms with Gasteiger partial charge in [-0.1, -0.05) is 23.7 Å². The van der Waals surface area contributed by atoms with Crippen molar-refractivity contribution < 1.29 is 4.74 Å². The summed E-state index contributed by atoms with van der Waals surface area (Å²) in [5.41, 5.74) is 1.26. The predicted octanol–water partition coefficient (Wildman–Crippen LogP) is 3.79. The van der Waals surface area contributed by atoms with Crippen molar-refractivity contribution in [1.29, 1.82) is 0 Å². The third-order valence-corrected chi connectivity index (χ3v) is 5.30. The van der Waals surface area contributed by atoms with Gasteiger partial charge in [-0.2, -0.15) is 0 Å². The average molecular weight is 337 g/mol. The van der Waals surface area contributed by atoms with Crippen molar-refractivity contribution in [2.75, 3.05) is 33.3 Å². The van der Waals surface area contributed by atoms with Gasteiger partial charge in [-0.05, 0) is 42.8 Å². The number of hydrogen-bond donors (Lipinski definition) is 1. The van der Waals surface area contributed by atoms with Crippen LogP contribution < -0.4 is 10.1 Å². The van der Waals surface area contributed by atoms with Gasteiger partial charge >= 0.3 is 0 Å². The van der Waals surface area contributed by atoms with Gasteiger partial charge in [0, 0.05) is 24.5 Å². The molecule has 3 nitrogen and oxygen atoms in total. The van der Waals surface area contributed by atoms with Crippen LogP contribution in [0.3, 0.4) is 0 Å². The number of halogens is 1. The standard InChI is InChI=1S/C17H21ClN2OS/c1-21-14-5-2-4-13(12-14)17(15-6-7-16(18)22-15)20-10-3-8-19-9-11-20/h2,4-7,12,17,19H,3,8-11H2,1H3. The van der Waals surface area contributed by atoms with E-state index in [-0.39, 0.29) is 6.04 Å². The molecule has 0 aliphatic carbocycles. The molecule has 5 heteroatoms. The molecule has 1 aliphatic rings. The van der Waals surface area contributed by atoms with Gasteiger partial charge in [0.05, 0.1) is 17.5 Å². The van der Waals surface area contributed by atoms with Crippen molar-refractivity contribution in [3.8, 4) is 5.75 Å². The maximum absolute atomic E-state index is 6.18. The van der Waals surface area contributed by atoms with Gasteiger partial charge in [0.2, 0.25) is 0 Å². The van der Waals surface area contributed by atoms with Crippen molar-refractivity contribution in [2.24, 2.45) is 0 Å². The number of nitrogens with one attached hydrogen (secondary N) is 1. The molecule has 2 heterocycles. The number of hydrogen-bond acceptors (Lipinski definition) is 4. The summed E-state index contributed by atoms with van der Waals surface area (Å²) < 4.78 is 6.25. The molecule has 1 saturated heterocycles. The van der Waals surface area contributed by atoms with E-state index in [1.165, 1.54) is 16.9 Å². The van der Waals surface area contributed by atoms with Crippen LogP contribution in [0, 0.1) is 0 Å². The van der Waals surface area contributed by atoms with E-state index >= 15 is 0 Å². The van der Waals surface area contributed by atoms with Crippen LogP contribution in [0.2, 0.25) is 4.34 Å². The molecular formula is C17H21ClN2OS. The molecule has 118 valence electrons. The minimum absolute atomic E-state index is 0.243. The van der Waals surface area contributed by atoms with E-state index in [9.17, 15) is 0 Å². The first-order valence-electron chi connectivity index (χ1n) is 7.62. The van der Waals surface area contributed by atoms with Crippen LogP contribution in [0.4, 0.5) is 0 Å². The van der Waals surface area contributed by atoms with Crippen molar-refractivity contribution >= 4 is 22.9 Å². The number of ether oxygens (including phenoxy) is 1. The lowest BCUT2D eigenvalue weighted by atomic mass is 10.0.